The Morgan fingerprint density at radius 3 is 2.62 bits per heavy atom. The molecule has 0 saturated heterocycles. The van der Waals surface area contributed by atoms with Crippen LogP contribution >= 0.6 is 0 Å². The molecule has 0 spiro atoms. The second-order valence-electron chi connectivity index (χ2n) is 0.780. The van der Waals surface area contributed by atoms with E-state index < -0.39 is 0 Å². The lowest BCUT2D eigenvalue weighted by Gasteiger charge is -1.29. The van der Waals surface area contributed by atoms with Gasteiger partial charge in [-0.1, -0.05) is 0 Å². The molecule has 0 aliphatic carbocycles. The first-order valence-electron chi connectivity index (χ1n) is 1.77. The lowest BCUT2D eigenvalue weighted by Crippen LogP contribution is -1.37. The van der Waals surface area contributed by atoms with E-state index in [1.165, 1.54) is 0 Å². The molecule has 0 rings (SSSR count). The van der Waals surface area contributed by atoms with Gasteiger partial charge in [0.1, 0.15) is 6.07 Å². The highest BCUT2D eigenvalue weighted by atomic mass is 14.2. The molecule has 0 radical (unpaired) electrons. The van der Waals surface area contributed by atoms with Crippen LogP contribution in [0.5, 0.6) is 0 Å². The van der Waals surface area contributed by atoms with Crippen molar-refractivity contribution in [3.63, 3.8) is 0 Å². The van der Waals surface area contributed by atoms with Crippen LogP contribution in [0.2, 0.25) is 0 Å². The van der Waals surface area contributed by atoms with Gasteiger partial charge in [-0.05, 0) is 0 Å². The van der Waals surface area contributed by atoms with E-state index >= 15 is 0 Å². The first-order valence-corrected chi connectivity index (χ1v) is 1.77. The van der Waals surface area contributed by atoms with Gasteiger partial charge in [0.05, 0.1) is 0 Å². The summed E-state index contributed by atoms with van der Waals surface area (Å²) in [5.41, 5.74) is 4.46. The average molecular weight is 101 g/mol. The predicted molar refractivity (Wildman–Crippen MR) is 26.1 cm³/mol. The minimum atomic E-state index is 1.09. The summed E-state index contributed by atoms with van der Waals surface area (Å²) in [4.78, 5) is 0. The van der Waals surface area contributed by atoms with Gasteiger partial charge in [-0.2, -0.15) is 10.5 Å². The van der Waals surface area contributed by atoms with Crippen molar-refractivity contribution in [2.45, 2.75) is 0 Å². The van der Waals surface area contributed by atoms with Crippen LogP contribution in [-0.4, -0.2) is 0 Å². The maximum atomic E-state index is 7.85. The largest absolute Gasteiger partial charge is 0.276 e. The van der Waals surface area contributed by atoms with Crippen molar-refractivity contribution in [2.24, 2.45) is 0 Å². The van der Waals surface area contributed by atoms with Gasteiger partial charge in [-0.3, -0.25) is 0 Å². The molecule has 0 aromatic heterocycles. The van der Waals surface area contributed by atoms with Crippen LogP contribution in [-0.2, 0) is 0 Å². The van der Waals surface area contributed by atoms with Crippen LogP contribution in [0.1, 0.15) is 0 Å². The number of allylic oxidation sites excluding steroid dienone is 2. The molecule has 0 bridgehead atoms. The number of nitrogens with zero attached hydrogens (tertiary/aromatic N) is 2. The maximum absolute atomic E-state index is 7.85. The normalized spacial score (nSPS) is 3.75. The van der Waals surface area contributed by atoms with E-state index in [0.717, 1.165) is 6.08 Å². The topological polar surface area (TPSA) is 47.6 Å². The molecule has 0 heterocycles. The highest BCUT2D eigenvalue weighted by Crippen LogP contribution is 1.57. The number of hydrogen-bond donors (Lipinski definition) is 0. The van der Waals surface area contributed by atoms with Crippen molar-refractivity contribution >= 4 is 0 Å². The Kier molecular flexibility index (Phi) is 4.02. The minimum Gasteiger partial charge on any atom is -0.190 e. The van der Waals surface area contributed by atoms with E-state index in [-0.39, 0.29) is 0 Å². The molecule has 2 heteroatoms. The highest BCUT2D eigenvalue weighted by molar-refractivity contribution is 5.02. The molecule has 0 amide bonds. The second kappa shape index (κ2) is 5.19. The summed E-state index contributed by atoms with van der Waals surface area (Å²) in [6, 6.07) is 3.25. The van der Waals surface area contributed by atoms with E-state index in [1.54, 1.807) is 12.1 Å². The molecule has 0 aromatic carbocycles. The Morgan fingerprint density at radius 1 is 1.38 bits per heavy atom. The molecular formula is C6HN2+. The quantitative estimate of drug-likeness (QED) is 0.256. The summed E-state index contributed by atoms with van der Waals surface area (Å²) in [5, 5.41) is 15.7. The van der Waals surface area contributed by atoms with Crippen LogP contribution in [0.4, 0.5) is 0 Å². The predicted octanol–water partition coefficient (Wildman–Crippen LogP) is 0.703. The zero-order valence-corrected chi connectivity index (χ0v) is 3.97. The van der Waals surface area contributed by atoms with E-state index in [0.29, 0.717) is 0 Å². The molecule has 0 N–H and O–H groups in total. The Bertz CT molecular complexity index is 198. The van der Waals surface area contributed by atoms with Crippen molar-refractivity contribution in [1.29, 1.82) is 10.5 Å². The van der Waals surface area contributed by atoms with Crippen molar-refractivity contribution < 1.29 is 0 Å². The third-order valence-corrected chi connectivity index (χ3v) is 0.327. The molecular weight excluding hydrogens is 100 g/mol. The summed E-state index contributed by atoms with van der Waals surface area (Å²) in [5.74, 6) is 0. The molecule has 0 atom stereocenters. The maximum Gasteiger partial charge on any atom is 0.276 e. The van der Waals surface area contributed by atoms with Gasteiger partial charge in [0.2, 0.25) is 5.73 Å². The lowest BCUT2D eigenvalue weighted by atomic mass is 10.6. The van der Waals surface area contributed by atoms with Crippen LogP contribution < -0.4 is 0 Å². The molecule has 8 heavy (non-hydrogen) atoms. The Balaban J connectivity index is 4.12. The lowest BCUT2D eigenvalue weighted by molar-refractivity contribution is 1.52. The first kappa shape index (κ1) is 6.19. The molecule has 0 aliphatic heterocycles. The number of hydrogen-bond acceptors (Lipinski definition) is 2. The zero-order valence-electron chi connectivity index (χ0n) is 3.97. The summed E-state index contributed by atoms with van der Waals surface area (Å²) >= 11 is 0. The molecule has 2 nitrogen and oxygen atoms in total. The van der Waals surface area contributed by atoms with Gasteiger partial charge >= 0.3 is 0 Å². The van der Waals surface area contributed by atoms with E-state index in [1.807, 2.05) is 6.08 Å². The zero-order chi connectivity index (χ0) is 6.24. The minimum absolute atomic E-state index is 1.09. The summed E-state index contributed by atoms with van der Waals surface area (Å²) in [6.07, 6.45) is 3.13. The summed E-state index contributed by atoms with van der Waals surface area (Å²) < 4.78 is 0. The first-order chi connectivity index (χ1) is 3.91. The van der Waals surface area contributed by atoms with Crippen LogP contribution in [0.15, 0.2) is 17.5 Å². The molecule has 0 fully saturated rings. The fraction of sp³-hybridized carbons (Fsp3) is 0. The van der Waals surface area contributed by atoms with Crippen LogP contribution in [0.3, 0.4) is 0 Å². The molecule has 34 valence electrons. The standard InChI is InChI=1S/C6HN2/c7-5-3-1-2-4-6-8/h3H/q+1. The molecule has 0 aromatic rings. The van der Waals surface area contributed by atoms with Crippen LogP contribution in [0, 0.1) is 28.7 Å². The fourth-order valence-corrected chi connectivity index (χ4v) is 0.132. The highest BCUT2D eigenvalue weighted by Gasteiger charge is 1.68. The van der Waals surface area contributed by atoms with E-state index in [2.05, 4.69) is 11.5 Å². The Hall–Kier alpha value is -1.81. The van der Waals surface area contributed by atoms with Gasteiger partial charge in [0.15, 0.2) is 11.8 Å². The average Bonchev–Trinajstić information content (AvgIpc) is 1.81. The van der Waals surface area contributed by atoms with Gasteiger partial charge in [-0.25, -0.2) is 0 Å². The molecule has 0 unspecified atom stereocenters. The Morgan fingerprint density at radius 2 is 2.12 bits per heavy atom. The van der Waals surface area contributed by atoms with Gasteiger partial charge in [0.25, 0.3) is 12.1 Å². The van der Waals surface area contributed by atoms with E-state index in [4.69, 9.17) is 10.5 Å². The van der Waals surface area contributed by atoms with Crippen molar-refractivity contribution in [3.05, 3.63) is 23.6 Å². The van der Waals surface area contributed by atoms with E-state index in [9.17, 15) is 0 Å². The third kappa shape index (κ3) is 4.19. The van der Waals surface area contributed by atoms with Crippen molar-refractivity contribution in [3.8, 4) is 12.1 Å². The van der Waals surface area contributed by atoms with Crippen LogP contribution in [0.25, 0.3) is 0 Å². The smallest absolute Gasteiger partial charge is 0.190 e. The number of nitriles is 2. The SMILES string of the molecule is N#C[C+]=C=C=CC#N. The fourth-order valence-electron chi connectivity index (χ4n) is 0.132. The second-order valence-corrected chi connectivity index (χ2v) is 0.780. The van der Waals surface area contributed by atoms with Gasteiger partial charge < -0.3 is 0 Å². The van der Waals surface area contributed by atoms with Crippen molar-refractivity contribution in [1.82, 2.24) is 0 Å². The number of rotatable bonds is 0. The monoisotopic (exact) mass is 101 g/mol. The third-order valence-electron chi connectivity index (χ3n) is 0.327. The summed E-state index contributed by atoms with van der Waals surface area (Å²) in [6.45, 7) is 0. The Labute approximate surface area is 47.3 Å². The molecule has 0 aliphatic rings. The summed E-state index contributed by atoms with van der Waals surface area (Å²) in [7, 11) is 0. The molecule has 0 saturated carbocycles. The van der Waals surface area contributed by atoms with Gasteiger partial charge in [-0.15, -0.1) is 0 Å². The van der Waals surface area contributed by atoms with Gasteiger partial charge in [0, 0.05) is 0 Å². The van der Waals surface area contributed by atoms with Crippen molar-refractivity contribution in [2.75, 3.05) is 0 Å².